The second-order valence-electron chi connectivity index (χ2n) is 5.68. The zero-order valence-electron chi connectivity index (χ0n) is 14.4. The molecule has 0 radical (unpaired) electrons. The molecule has 7 nitrogen and oxygen atoms in total. The summed E-state index contributed by atoms with van der Waals surface area (Å²) in [5.74, 6) is 1.02. The molecule has 1 heterocycles. The van der Waals surface area contributed by atoms with Crippen molar-refractivity contribution in [3.8, 4) is 17.1 Å². The SMILES string of the molecule is COc1ccc(CNC(=O)C(C)n2nnc(-c3ccc(Cl)cc3)n2)cc1. The predicted octanol–water partition coefficient (Wildman–Crippen LogP) is 2.88. The average Bonchev–Trinajstić information content (AvgIpc) is 3.16. The van der Waals surface area contributed by atoms with Crippen molar-refractivity contribution in [2.45, 2.75) is 19.5 Å². The second kappa shape index (κ2) is 7.97. The molecule has 26 heavy (non-hydrogen) atoms. The third-order valence-corrected chi connectivity index (χ3v) is 4.13. The molecule has 3 aromatic rings. The number of hydrogen-bond donors (Lipinski definition) is 1. The lowest BCUT2D eigenvalue weighted by Crippen LogP contribution is -2.31. The summed E-state index contributed by atoms with van der Waals surface area (Å²) >= 11 is 5.88. The molecule has 0 saturated heterocycles. The number of rotatable bonds is 6. The number of nitrogens with one attached hydrogen (secondary N) is 1. The van der Waals surface area contributed by atoms with Gasteiger partial charge in [-0.05, 0) is 54.1 Å². The predicted molar refractivity (Wildman–Crippen MR) is 97.8 cm³/mol. The molecule has 3 rings (SSSR count). The molecule has 0 saturated carbocycles. The first-order valence-corrected chi connectivity index (χ1v) is 8.40. The van der Waals surface area contributed by atoms with Crippen molar-refractivity contribution in [1.82, 2.24) is 25.5 Å². The minimum absolute atomic E-state index is 0.194. The highest BCUT2D eigenvalue weighted by Crippen LogP contribution is 2.18. The molecule has 134 valence electrons. The lowest BCUT2D eigenvalue weighted by atomic mass is 10.2. The second-order valence-corrected chi connectivity index (χ2v) is 6.12. The van der Waals surface area contributed by atoms with Gasteiger partial charge in [0.2, 0.25) is 11.7 Å². The summed E-state index contributed by atoms with van der Waals surface area (Å²) in [6.07, 6.45) is 0. The summed E-state index contributed by atoms with van der Waals surface area (Å²) < 4.78 is 5.11. The molecule has 1 aromatic heterocycles. The van der Waals surface area contributed by atoms with Crippen LogP contribution in [-0.4, -0.2) is 33.2 Å². The third kappa shape index (κ3) is 4.18. The fraction of sp³-hybridized carbons (Fsp3) is 0.222. The fourth-order valence-electron chi connectivity index (χ4n) is 2.29. The Labute approximate surface area is 155 Å². The van der Waals surface area contributed by atoms with Gasteiger partial charge in [-0.15, -0.1) is 10.2 Å². The van der Waals surface area contributed by atoms with Gasteiger partial charge in [-0.2, -0.15) is 4.80 Å². The molecule has 1 amide bonds. The van der Waals surface area contributed by atoms with Crippen molar-refractivity contribution in [2.75, 3.05) is 7.11 Å². The topological polar surface area (TPSA) is 81.9 Å². The Balaban J connectivity index is 1.62. The first-order valence-electron chi connectivity index (χ1n) is 8.03. The molecule has 0 fully saturated rings. The summed E-state index contributed by atoms with van der Waals surface area (Å²) in [5.41, 5.74) is 1.76. The van der Waals surface area contributed by atoms with E-state index in [2.05, 4.69) is 20.7 Å². The highest BCUT2D eigenvalue weighted by atomic mass is 35.5. The molecular formula is C18H18ClN5O2. The molecular weight excluding hydrogens is 354 g/mol. The number of carbonyl (C=O) groups excluding carboxylic acids is 1. The number of aromatic nitrogens is 4. The van der Waals surface area contributed by atoms with E-state index in [9.17, 15) is 4.79 Å². The van der Waals surface area contributed by atoms with Gasteiger partial charge >= 0.3 is 0 Å². The van der Waals surface area contributed by atoms with Crippen LogP contribution < -0.4 is 10.1 Å². The summed E-state index contributed by atoms with van der Waals surface area (Å²) in [6, 6.07) is 14.0. The normalized spacial score (nSPS) is 11.8. The molecule has 0 bridgehead atoms. The Kier molecular flexibility index (Phi) is 5.48. The van der Waals surface area contributed by atoms with E-state index >= 15 is 0 Å². The molecule has 2 aromatic carbocycles. The highest BCUT2D eigenvalue weighted by molar-refractivity contribution is 6.30. The van der Waals surface area contributed by atoms with Gasteiger partial charge in [0, 0.05) is 17.1 Å². The van der Waals surface area contributed by atoms with Gasteiger partial charge in [0.05, 0.1) is 7.11 Å². The van der Waals surface area contributed by atoms with Crippen molar-refractivity contribution in [2.24, 2.45) is 0 Å². The van der Waals surface area contributed by atoms with Gasteiger partial charge in [0.25, 0.3) is 0 Å². The number of tetrazole rings is 1. The standard InChI is InChI=1S/C18H18ClN5O2/c1-12(18(25)20-11-13-3-9-16(26-2)10-4-13)24-22-17(21-23-24)14-5-7-15(19)8-6-14/h3-10,12H,11H2,1-2H3,(H,20,25). The number of benzene rings is 2. The van der Waals surface area contributed by atoms with E-state index in [4.69, 9.17) is 16.3 Å². The molecule has 1 atom stereocenters. The minimum atomic E-state index is -0.582. The summed E-state index contributed by atoms with van der Waals surface area (Å²) in [7, 11) is 1.61. The van der Waals surface area contributed by atoms with Crippen LogP contribution in [0.3, 0.4) is 0 Å². The number of nitrogens with zero attached hydrogens (tertiary/aromatic N) is 4. The number of ether oxygens (including phenoxy) is 1. The van der Waals surface area contributed by atoms with E-state index in [1.165, 1.54) is 4.80 Å². The average molecular weight is 372 g/mol. The van der Waals surface area contributed by atoms with Crippen molar-refractivity contribution < 1.29 is 9.53 Å². The van der Waals surface area contributed by atoms with Gasteiger partial charge in [0.1, 0.15) is 11.8 Å². The van der Waals surface area contributed by atoms with Crippen molar-refractivity contribution in [3.05, 3.63) is 59.1 Å². The van der Waals surface area contributed by atoms with Crippen molar-refractivity contribution in [3.63, 3.8) is 0 Å². The van der Waals surface area contributed by atoms with E-state index in [1.807, 2.05) is 24.3 Å². The first-order chi connectivity index (χ1) is 12.6. The van der Waals surface area contributed by atoms with E-state index in [0.717, 1.165) is 16.9 Å². The van der Waals surface area contributed by atoms with Crippen LogP contribution in [0.2, 0.25) is 5.02 Å². The Bertz CT molecular complexity index is 877. The van der Waals surface area contributed by atoms with Gasteiger partial charge in [0.15, 0.2) is 0 Å². The number of hydrogen-bond acceptors (Lipinski definition) is 5. The van der Waals surface area contributed by atoms with E-state index in [1.54, 1.807) is 38.3 Å². The van der Waals surface area contributed by atoms with Crippen LogP contribution in [0.5, 0.6) is 5.75 Å². The summed E-state index contributed by atoms with van der Waals surface area (Å²) in [6.45, 7) is 2.13. The zero-order valence-corrected chi connectivity index (χ0v) is 15.1. The Morgan fingerprint density at radius 1 is 1.19 bits per heavy atom. The first kappa shape index (κ1) is 17.9. The molecule has 1 N–H and O–H groups in total. The van der Waals surface area contributed by atoms with E-state index < -0.39 is 6.04 Å². The van der Waals surface area contributed by atoms with Gasteiger partial charge in [-0.1, -0.05) is 23.7 Å². The zero-order chi connectivity index (χ0) is 18.5. The van der Waals surface area contributed by atoms with Crippen molar-refractivity contribution in [1.29, 1.82) is 0 Å². The monoisotopic (exact) mass is 371 g/mol. The van der Waals surface area contributed by atoms with Crippen LogP contribution in [-0.2, 0) is 11.3 Å². The number of amides is 1. The lowest BCUT2D eigenvalue weighted by molar-refractivity contribution is -0.124. The maximum atomic E-state index is 12.3. The Morgan fingerprint density at radius 2 is 1.88 bits per heavy atom. The van der Waals surface area contributed by atoms with Crippen LogP contribution in [0.1, 0.15) is 18.5 Å². The fourth-order valence-corrected chi connectivity index (χ4v) is 2.41. The molecule has 0 aliphatic heterocycles. The largest absolute Gasteiger partial charge is 0.497 e. The van der Waals surface area contributed by atoms with E-state index in [0.29, 0.717) is 17.4 Å². The van der Waals surface area contributed by atoms with Crippen molar-refractivity contribution >= 4 is 17.5 Å². The maximum absolute atomic E-state index is 12.3. The Hall–Kier alpha value is -2.93. The highest BCUT2D eigenvalue weighted by Gasteiger charge is 2.18. The smallest absolute Gasteiger partial charge is 0.246 e. The number of halogens is 1. The molecule has 0 spiro atoms. The van der Waals surface area contributed by atoms with Gasteiger partial charge in [-0.25, -0.2) is 0 Å². The summed E-state index contributed by atoms with van der Waals surface area (Å²) in [4.78, 5) is 13.6. The van der Waals surface area contributed by atoms with Gasteiger partial charge < -0.3 is 10.1 Å². The van der Waals surface area contributed by atoms with Crippen LogP contribution in [0.15, 0.2) is 48.5 Å². The van der Waals surface area contributed by atoms with Crippen LogP contribution >= 0.6 is 11.6 Å². The number of methoxy groups -OCH3 is 1. The van der Waals surface area contributed by atoms with Crippen LogP contribution in [0.25, 0.3) is 11.4 Å². The molecule has 0 aliphatic carbocycles. The molecule has 0 aliphatic rings. The lowest BCUT2D eigenvalue weighted by Gasteiger charge is -2.11. The molecule has 1 unspecified atom stereocenters. The minimum Gasteiger partial charge on any atom is -0.497 e. The van der Waals surface area contributed by atoms with E-state index in [-0.39, 0.29) is 5.91 Å². The number of carbonyl (C=O) groups is 1. The van der Waals surface area contributed by atoms with Crippen LogP contribution in [0.4, 0.5) is 0 Å². The maximum Gasteiger partial charge on any atom is 0.246 e. The third-order valence-electron chi connectivity index (χ3n) is 3.88. The van der Waals surface area contributed by atoms with Crippen LogP contribution in [0, 0.1) is 0 Å². The quantitative estimate of drug-likeness (QED) is 0.720. The Morgan fingerprint density at radius 3 is 2.54 bits per heavy atom. The molecule has 8 heteroatoms. The van der Waals surface area contributed by atoms with Gasteiger partial charge in [-0.3, -0.25) is 4.79 Å². The summed E-state index contributed by atoms with van der Waals surface area (Å²) in [5, 5.41) is 15.8.